The maximum Gasteiger partial charge on any atom is 0.347 e. The molecule has 5 heteroatoms. The monoisotopic (exact) mass is 230 g/mol. The van der Waals surface area contributed by atoms with Crippen molar-refractivity contribution in [2.24, 2.45) is 0 Å². The van der Waals surface area contributed by atoms with E-state index in [-0.39, 0.29) is 5.63 Å². The van der Waals surface area contributed by atoms with E-state index in [4.69, 9.17) is 9.15 Å². The third kappa shape index (κ3) is 1.25. The lowest BCUT2D eigenvalue weighted by atomic mass is 10.1. The van der Waals surface area contributed by atoms with Crippen molar-refractivity contribution in [1.29, 1.82) is 0 Å². The van der Waals surface area contributed by atoms with Gasteiger partial charge < -0.3 is 9.15 Å². The van der Waals surface area contributed by atoms with Crippen LogP contribution in [0.25, 0.3) is 21.9 Å². The van der Waals surface area contributed by atoms with Gasteiger partial charge in [-0.3, -0.25) is 5.10 Å². The number of benzene rings is 1. The fraction of sp³-hybridized carbons (Fsp3) is 0.167. The van der Waals surface area contributed by atoms with E-state index in [9.17, 15) is 4.79 Å². The van der Waals surface area contributed by atoms with Crippen LogP contribution in [-0.2, 0) is 0 Å². The van der Waals surface area contributed by atoms with Gasteiger partial charge in [0.25, 0.3) is 0 Å². The predicted molar refractivity (Wildman–Crippen MR) is 63.4 cm³/mol. The second kappa shape index (κ2) is 3.35. The molecule has 2 aromatic heterocycles. The highest BCUT2D eigenvalue weighted by Crippen LogP contribution is 2.30. The number of hydrogen-bond acceptors (Lipinski definition) is 4. The van der Waals surface area contributed by atoms with Gasteiger partial charge in [0, 0.05) is 5.69 Å². The summed E-state index contributed by atoms with van der Waals surface area (Å²) in [6, 6.07) is 5.31. The summed E-state index contributed by atoms with van der Waals surface area (Å²) in [5.41, 5.74) is 1.38. The van der Waals surface area contributed by atoms with Crippen molar-refractivity contribution in [3.05, 3.63) is 34.3 Å². The Morgan fingerprint density at radius 2 is 2.18 bits per heavy atom. The highest BCUT2D eigenvalue weighted by Gasteiger charge is 2.15. The minimum Gasteiger partial charge on any atom is -0.496 e. The summed E-state index contributed by atoms with van der Waals surface area (Å²) in [5.74, 6) is 0.641. The zero-order chi connectivity index (χ0) is 12.0. The summed E-state index contributed by atoms with van der Waals surface area (Å²) in [7, 11) is 1.57. The van der Waals surface area contributed by atoms with Crippen LogP contribution in [0.3, 0.4) is 0 Å². The number of aromatic amines is 1. The molecule has 17 heavy (non-hydrogen) atoms. The molecule has 0 bridgehead atoms. The molecular weight excluding hydrogens is 220 g/mol. The van der Waals surface area contributed by atoms with Crippen LogP contribution in [0.4, 0.5) is 0 Å². The topological polar surface area (TPSA) is 68.1 Å². The van der Waals surface area contributed by atoms with E-state index in [0.717, 1.165) is 0 Å². The second-order valence-corrected chi connectivity index (χ2v) is 3.80. The number of fused-ring (bicyclic) bond motifs is 3. The molecule has 0 saturated heterocycles. The third-order valence-corrected chi connectivity index (χ3v) is 2.80. The number of nitrogens with one attached hydrogen (secondary N) is 1. The molecule has 3 aromatic rings. The van der Waals surface area contributed by atoms with Crippen LogP contribution in [0, 0.1) is 6.92 Å². The average Bonchev–Trinajstić information content (AvgIpc) is 2.71. The van der Waals surface area contributed by atoms with Crippen LogP contribution < -0.4 is 10.4 Å². The van der Waals surface area contributed by atoms with Crippen molar-refractivity contribution >= 4 is 21.9 Å². The molecule has 0 unspecified atom stereocenters. The lowest BCUT2D eigenvalue weighted by molar-refractivity contribution is 0.419. The van der Waals surface area contributed by atoms with Crippen LogP contribution in [0.15, 0.2) is 27.4 Å². The Kier molecular flexibility index (Phi) is 1.95. The quantitative estimate of drug-likeness (QED) is 0.649. The standard InChI is InChI=1S/C12H10N2O3/c1-6-9-11(14-13-6)10-7(16-2)4-3-5-8(10)17-12(9)15/h3-5H,1-2H3,(H,13,14). The molecule has 0 spiro atoms. The lowest BCUT2D eigenvalue weighted by Gasteiger charge is -2.03. The Labute approximate surface area is 96.0 Å². The summed E-state index contributed by atoms with van der Waals surface area (Å²) < 4.78 is 10.5. The normalized spacial score (nSPS) is 11.2. The van der Waals surface area contributed by atoms with Gasteiger partial charge in [0.1, 0.15) is 22.2 Å². The van der Waals surface area contributed by atoms with Crippen molar-refractivity contribution in [2.45, 2.75) is 6.92 Å². The van der Waals surface area contributed by atoms with Gasteiger partial charge in [-0.05, 0) is 19.1 Å². The zero-order valence-electron chi connectivity index (χ0n) is 9.40. The summed E-state index contributed by atoms with van der Waals surface area (Å²) in [5, 5.41) is 8.14. The molecule has 1 N–H and O–H groups in total. The molecule has 0 amide bonds. The zero-order valence-corrected chi connectivity index (χ0v) is 9.40. The van der Waals surface area contributed by atoms with Crippen molar-refractivity contribution in [1.82, 2.24) is 10.2 Å². The Morgan fingerprint density at radius 1 is 1.35 bits per heavy atom. The van der Waals surface area contributed by atoms with E-state index in [2.05, 4.69) is 10.2 Å². The van der Waals surface area contributed by atoms with Gasteiger partial charge >= 0.3 is 5.63 Å². The lowest BCUT2D eigenvalue weighted by Crippen LogP contribution is -2.00. The SMILES string of the molecule is COc1cccc2oc(=O)c3c(C)[nH]nc3c12. The fourth-order valence-corrected chi connectivity index (χ4v) is 2.01. The van der Waals surface area contributed by atoms with E-state index in [0.29, 0.717) is 33.3 Å². The average molecular weight is 230 g/mol. The minimum atomic E-state index is -0.382. The van der Waals surface area contributed by atoms with Gasteiger partial charge in [-0.15, -0.1) is 0 Å². The first-order chi connectivity index (χ1) is 8.22. The number of H-pyrrole nitrogens is 1. The van der Waals surface area contributed by atoms with E-state index < -0.39 is 0 Å². The highest BCUT2D eigenvalue weighted by molar-refractivity contribution is 6.05. The van der Waals surface area contributed by atoms with E-state index in [1.807, 2.05) is 6.07 Å². The van der Waals surface area contributed by atoms with Gasteiger partial charge in [-0.1, -0.05) is 6.07 Å². The van der Waals surface area contributed by atoms with Crippen LogP contribution in [0.2, 0.25) is 0 Å². The third-order valence-electron chi connectivity index (χ3n) is 2.80. The summed E-state index contributed by atoms with van der Waals surface area (Å²) >= 11 is 0. The van der Waals surface area contributed by atoms with Crippen molar-refractivity contribution in [3.8, 4) is 5.75 Å². The van der Waals surface area contributed by atoms with Crippen LogP contribution in [0.5, 0.6) is 5.75 Å². The fourth-order valence-electron chi connectivity index (χ4n) is 2.01. The van der Waals surface area contributed by atoms with Crippen LogP contribution >= 0.6 is 0 Å². The van der Waals surface area contributed by atoms with Crippen molar-refractivity contribution in [2.75, 3.05) is 7.11 Å². The molecular formula is C12H10N2O3. The van der Waals surface area contributed by atoms with Gasteiger partial charge in [0.05, 0.1) is 12.5 Å². The molecule has 86 valence electrons. The highest BCUT2D eigenvalue weighted by atomic mass is 16.5. The number of rotatable bonds is 1. The molecule has 0 atom stereocenters. The molecule has 0 radical (unpaired) electrons. The molecule has 0 aliphatic carbocycles. The number of methoxy groups -OCH3 is 1. The first-order valence-electron chi connectivity index (χ1n) is 5.17. The predicted octanol–water partition coefficient (Wildman–Crippen LogP) is 1.99. The number of aromatic nitrogens is 2. The molecule has 3 rings (SSSR count). The Balaban J connectivity index is 2.66. The minimum absolute atomic E-state index is 0.382. The number of hydrogen-bond donors (Lipinski definition) is 1. The Hall–Kier alpha value is -2.30. The summed E-state index contributed by atoms with van der Waals surface area (Å²) in [6.45, 7) is 1.79. The van der Waals surface area contributed by atoms with Crippen LogP contribution in [0.1, 0.15) is 5.69 Å². The molecule has 2 heterocycles. The Morgan fingerprint density at radius 3 is 2.94 bits per heavy atom. The maximum absolute atomic E-state index is 11.8. The first-order valence-corrected chi connectivity index (χ1v) is 5.17. The molecule has 5 nitrogen and oxygen atoms in total. The smallest absolute Gasteiger partial charge is 0.347 e. The summed E-state index contributed by atoms with van der Waals surface area (Å²) in [6.07, 6.45) is 0. The summed E-state index contributed by atoms with van der Waals surface area (Å²) in [4.78, 5) is 11.8. The number of aryl methyl sites for hydroxylation is 1. The van der Waals surface area contributed by atoms with Crippen molar-refractivity contribution < 1.29 is 9.15 Å². The Bertz CT molecular complexity index is 770. The van der Waals surface area contributed by atoms with Crippen LogP contribution in [-0.4, -0.2) is 17.3 Å². The molecule has 1 aromatic carbocycles. The number of nitrogens with zero attached hydrogens (tertiary/aromatic N) is 1. The molecule has 0 aliphatic rings. The molecule has 0 saturated carbocycles. The van der Waals surface area contributed by atoms with Gasteiger partial charge in [-0.2, -0.15) is 5.10 Å². The largest absolute Gasteiger partial charge is 0.496 e. The van der Waals surface area contributed by atoms with Gasteiger partial charge in [0.15, 0.2) is 0 Å². The maximum atomic E-state index is 11.8. The van der Waals surface area contributed by atoms with Gasteiger partial charge in [-0.25, -0.2) is 4.79 Å². The van der Waals surface area contributed by atoms with Crippen molar-refractivity contribution in [3.63, 3.8) is 0 Å². The first kappa shape index (κ1) is 9.89. The number of ether oxygens (including phenoxy) is 1. The van der Waals surface area contributed by atoms with Gasteiger partial charge in [0.2, 0.25) is 0 Å². The molecule has 0 fully saturated rings. The molecule has 0 aliphatic heterocycles. The second-order valence-electron chi connectivity index (χ2n) is 3.80. The van der Waals surface area contributed by atoms with E-state index in [1.165, 1.54) is 0 Å². The van der Waals surface area contributed by atoms with E-state index >= 15 is 0 Å². The van der Waals surface area contributed by atoms with E-state index in [1.54, 1.807) is 26.2 Å².